The summed E-state index contributed by atoms with van der Waals surface area (Å²) in [4.78, 5) is 22.6. The number of hydrogen-bond acceptors (Lipinski definition) is 4. The van der Waals surface area contributed by atoms with Crippen LogP contribution in [0.1, 0.15) is 19.4 Å². The molecule has 0 radical (unpaired) electrons. The monoisotopic (exact) mass is 289 g/mol. The lowest BCUT2D eigenvalue weighted by atomic mass is 10.1. The fourth-order valence-electron chi connectivity index (χ4n) is 1.37. The second-order valence-corrected chi connectivity index (χ2v) is 4.54. The Morgan fingerprint density at radius 3 is 2.29 bits per heavy atom. The van der Waals surface area contributed by atoms with Gasteiger partial charge in [0.15, 0.2) is 0 Å². The molecule has 1 aromatic rings. The Morgan fingerprint density at radius 2 is 1.76 bits per heavy atom. The number of rotatable bonds is 6. The molecule has 0 fully saturated rings. The molecule has 0 saturated heterocycles. The van der Waals surface area contributed by atoms with Crippen LogP contribution < -0.4 is 10.1 Å². The predicted octanol–water partition coefficient (Wildman–Crippen LogP) is 2.93. The summed E-state index contributed by atoms with van der Waals surface area (Å²) < 4.78 is 9.89. The molecule has 0 aliphatic carbocycles. The zero-order valence-electron chi connectivity index (χ0n) is 12.3. The van der Waals surface area contributed by atoms with Gasteiger partial charge in [0.05, 0.1) is 6.54 Å². The Hall–Kier alpha value is -2.56. The molecule has 0 bridgehead atoms. The molecule has 0 aliphatic heterocycles. The molecular formula is C16H19NO4. The smallest absolute Gasteiger partial charge is 0.412 e. The van der Waals surface area contributed by atoms with E-state index >= 15 is 0 Å². The molecule has 0 aromatic heterocycles. The van der Waals surface area contributed by atoms with Gasteiger partial charge in [-0.1, -0.05) is 30.9 Å². The zero-order valence-corrected chi connectivity index (χ0v) is 12.3. The zero-order chi connectivity index (χ0) is 15.8. The van der Waals surface area contributed by atoms with Crippen molar-refractivity contribution in [3.05, 3.63) is 48.6 Å². The van der Waals surface area contributed by atoms with Gasteiger partial charge in [-0.05, 0) is 31.5 Å². The van der Waals surface area contributed by atoms with Crippen LogP contribution >= 0.6 is 0 Å². The molecule has 0 atom stereocenters. The number of amides is 1. The molecule has 1 N–H and O–H groups in total. The van der Waals surface area contributed by atoms with Crippen LogP contribution in [0.15, 0.2) is 43.0 Å². The van der Waals surface area contributed by atoms with Gasteiger partial charge in [-0.3, -0.25) is 0 Å². The number of benzene rings is 1. The van der Waals surface area contributed by atoms with Crippen molar-refractivity contribution in [2.45, 2.75) is 13.8 Å². The van der Waals surface area contributed by atoms with Crippen LogP contribution in [0.4, 0.5) is 4.79 Å². The molecule has 5 nitrogen and oxygen atoms in total. The van der Waals surface area contributed by atoms with Crippen molar-refractivity contribution in [2.75, 3.05) is 13.2 Å². The van der Waals surface area contributed by atoms with Crippen molar-refractivity contribution < 1.29 is 19.1 Å². The van der Waals surface area contributed by atoms with E-state index in [2.05, 4.69) is 18.5 Å². The summed E-state index contributed by atoms with van der Waals surface area (Å²) in [5, 5.41) is 2.48. The maximum absolute atomic E-state index is 11.5. The van der Waals surface area contributed by atoms with Gasteiger partial charge in [0.2, 0.25) is 0 Å². The van der Waals surface area contributed by atoms with Gasteiger partial charge in [-0.15, -0.1) is 0 Å². The molecule has 1 aromatic carbocycles. The lowest BCUT2D eigenvalue weighted by molar-refractivity contribution is -0.138. The van der Waals surface area contributed by atoms with Crippen molar-refractivity contribution >= 4 is 17.6 Å². The number of carbonyl (C=O) groups is 2. The molecule has 21 heavy (non-hydrogen) atoms. The molecule has 0 spiro atoms. The summed E-state index contributed by atoms with van der Waals surface area (Å²) in [6.45, 7) is 11.0. The standard InChI is InChI=1S/C16H19NO4/c1-11(2)13-5-7-14(8-6-13)21-16(19)17-9-10-20-15(18)12(3)4/h5-8H,1,3,9-10H2,2,4H3,(H,17,19). The minimum absolute atomic E-state index is 0.0649. The first-order valence-corrected chi connectivity index (χ1v) is 6.44. The van der Waals surface area contributed by atoms with Gasteiger partial charge < -0.3 is 14.8 Å². The molecule has 1 amide bonds. The van der Waals surface area contributed by atoms with E-state index in [0.717, 1.165) is 11.1 Å². The Bertz CT molecular complexity index is 546. The van der Waals surface area contributed by atoms with E-state index in [1.165, 1.54) is 0 Å². The fourth-order valence-corrected chi connectivity index (χ4v) is 1.37. The van der Waals surface area contributed by atoms with Crippen LogP contribution in [0.25, 0.3) is 5.57 Å². The number of nitrogens with one attached hydrogen (secondary N) is 1. The minimum Gasteiger partial charge on any atom is -0.460 e. The van der Waals surface area contributed by atoms with Crippen LogP contribution in [0.5, 0.6) is 5.75 Å². The predicted molar refractivity (Wildman–Crippen MR) is 80.9 cm³/mol. The van der Waals surface area contributed by atoms with Crippen molar-refractivity contribution in [1.29, 1.82) is 0 Å². The van der Waals surface area contributed by atoms with Crippen molar-refractivity contribution in [3.8, 4) is 5.75 Å². The average molecular weight is 289 g/mol. The van der Waals surface area contributed by atoms with Gasteiger partial charge in [-0.25, -0.2) is 9.59 Å². The second kappa shape index (κ2) is 7.89. The number of ether oxygens (including phenoxy) is 2. The van der Waals surface area contributed by atoms with Crippen molar-refractivity contribution in [3.63, 3.8) is 0 Å². The minimum atomic E-state index is -0.607. The van der Waals surface area contributed by atoms with Crippen LogP contribution in [0.3, 0.4) is 0 Å². The average Bonchev–Trinajstić information content (AvgIpc) is 2.43. The first-order valence-electron chi connectivity index (χ1n) is 6.44. The van der Waals surface area contributed by atoms with Crippen LogP contribution in [-0.2, 0) is 9.53 Å². The van der Waals surface area contributed by atoms with Gasteiger partial charge in [0.25, 0.3) is 0 Å². The van der Waals surface area contributed by atoms with Gasteiger partial charge in [0, 0.05) is 5.57 Å². The highest BCUT2D eigenvalue weighted by molar-refractivity contribution is 5.86. The van der Waals surface area contributed by atoms with Gasteiger partial charge in [0.1, 0.15) is 12.4 Å². The van der Waals surface area contributed by atoms with Crippen molar-refractivity contribution in [2.24, 2.45) is 0 Å². The quantitative estimate of drug-likeness (QED) is 0.497. The highest BCUT2D eigenvalue weighted by Gasteiger charge is 2.06. The van der Waals surface area contributed by atoms with Crippen LogP contribution in [0.2, 0.25) is 0 Å². The largest absolute Gasteiger partial charge is 0.460 e. The highest BCUT2D eigenvalue weighted by Crippen LogP contribution is 2.16. The number of hydrogen-bond donors (Lipinski definition) is 1. The van der Waals surface area contributed by atoms with E-state index < -0.39 is 12.1 Å². The molecule has 112 valence electrons. The number of esters is 1. The third kappa shape index (κ3) is 5.95. The Labute approximate surface area is 124 Å². The van der Waals surface area contributed by atoms with Crippen LogP contribution in [0, 0.1) is 0 Å². The molecule has 0 unspecified atom stereocenters. The Balaban J connectivity index is 2.32. The van der Waals surface area contributed by atoms with E-state index in [-0.39, 0.29) is 13.2 Å². The summed E-state index contributed by atoms with van der Waals surface area (Å²) in [5.74, 6) is -0.0584. The summed E-state index contributed by atoms with van der Waals surface area (Å²) in [6.07, 6.45) is -0.607. The number of carbonyl (C=O) groups excluding carboxylic acids is 2. The fraction of sp³-hybridized carbons (Fsp3) is 0.250. The Morgan fingerprint density at radius 1 is 1.14 bits per heavy atom. The molecule has 0 saturated carbocycles. The molecule has 0 aliphatic rings. The topological polar surface area (TPSA) is 64.6 Å². The molecular weight excluding hydrogens is 270 g/mol. The first kappa shape index (κ1) is 16.5. The molecule has 5 heteroatoms. The number of allylic oxidation sites excluding steroid dienone is 1. The van der Waals surface area contributed by atoms with E-state index in [1.54, 1.807) is 19.1 Å². The summed E-state index contributed by atoms with van der Waals surface area (Å²) >= 11 is 0. The maximum Gasteiger partial charge on any atom is 0.412 e. The maximum atomic E-state index is 11.5. The van der Waals surface area contributed by atoms with Gasteiger partial charge in [-0.2, -0.15) is 0 Å². The van der Waals surface area contributed by atoms with Gasteiger partial charge >= 0.3 is 12.1 Å². The lowest BCUT2D eigenvalue weighted by Gasteiger charge is -2.08. The van der Waals surface area contributed by atoms with E-state index in [4.69, 9.17) is 9.47 Å². The first-order chi connectivity index (χ1) is 9.90. The van der Waals surface area contributed by atoms with E-state index in [1.807, 2.05) is 19.1 Å². The lowest BCUT2D eigenvalue weighted by Crippen LogP contribution is -2.30. The summed E-state index contributed by atoms with van der Waals surface area (Å²) in [6, 6.07) is 7.01. The SMILES string of the molecule is C=C(C)C(=O)OCCNC(=O)Oc1ccc(C(=C)C)cc1. The second-order valence-electron chi connectivity index (χ2n) is 4.54. The van der Waals surface area contributed by atoms with E-state index in [9.17, 15) is 9.59 Å². The third-order valence-corrected chi connectivity index (χ3v) is 2.51. The van der Waals surface area contributed by atoms with Crippen LogP contribution in [-0.4, -0.2) is 25.2 Å². The highest BCUT2D eigenvalue weighted by atomic mass is 16.6. The Kier molecular flexibility index (Phi) is 6.20. The normalized spacial score (nSPS) is 9.62. The third-order valence-electron chi connectivity index (χ3n) is 2.51. The summed E-state index contributed by atoms with van der Waals surface area (Å²) in [7, 11) is 0. The molecule has 0 heterocycles. The molecule has 1 rings (SSSR count). The van der Waals surface area contributed by atoms with E-state index in [0.29, 0.717) is 11.3 Å². The van der Waals surface area contributed by atoms with Crippen molar-refractivity contribution in [1.82, 2.24) is 5.32 Å². The summed E-state index contributed by atoms with van der Waals surface area (Å²) in [5.41, 5.74) is 2.23.